The number of nitrogens with zero attached hydrogens (tertiary/aromatic N) is 2. The average molecular weight is 229 g/mol. The van der Waals surface area contributed by atoms with Crippen LogP contribution in [0.25, 0.3) is 0 Å². The number of amides is 1. The summed E-state index contributed by atoms with van der Waals surface area (Å²) in [7, 11) is 0. The zero-order chi connectivity index (χ0) is 12.6. The fourth-order valence-electron chi connectivity index (χ4n) is 2.10. The predicted octanol–water partition coefficient (Wildman–Crippen LogP) is 2.12. The minimum Gasteiger partial charge on any atom is -0.377 e. The molecular formula is C13H15N3O. The molecule has 1 N–H and O–H groups in total. The van der Waals surface area contributed by atoms with Gasteiger partial charge in [0.2, 0.25) is 5.91 Å². The van der Waals surface area contributed by atoms with Crippen LogP contribution in [0.5, 0.6) is 0 Å². The van der Waals surface area contributed by atoms with Crippen molar-refractivity contribution in [2.45, 2.75) is 26.3 Å². The van der Waals surface area contributed by atoms with E-state index >= 15 is 0 Å². The first-order chi connectivity index (χ1) is 7.93. The Kier molecular flexibility index (Phi) is 2.55. The van der Waals surface area contributed by atoms with E-state index in [-0.39, 0.29) is 11.4 Å². The number of nitriles is 1. The van der Waals surface area contributed by atoms with Crippen LogP contribution in [-0.4, -0.2) is 18.0 Å². The third kappa shape index (κ3) is 2.09. The molecule has 0 saturated heterocycles. The van der Waals surface area contributed by atoms with Gasteiger partial charge in [0.25, 0.3) is 0 Å². The first-order valence-corrected chi connectivity index (χ1v) is 5.53. The summed E-state index contributed by atoms with van der Waals surface area (Å²) in [6, 6.07) is 7.45. The van der Waals surface area contributed by atoms with Crippen LogP contribution in [0.2, 0.25) is 0 Å². The van der Waals surface area contributed by atoms with Crippen molar-refractivity contribution in [2.75, 3.05) is 16.8 Å². The predicted molar refractivity (Wildman–Crippen MR) is 66.9 cm³/mol. The lowest BCUT2D eigenvalue weighted by atomic mass is 9.98. The van der Waals surface area contributed by atoms with Gasteiger partial charge in [-0.25, -0.2) is 0 Å². The summed E-state index contributed by atoms with van der Waals surface area (Å²) in [5, 5.41) is 12.3. The Labute approximate surface area is 101 Å². The Bertz CT molecular complexity index is 514. The van der Waals surface area contributed by atoms with E-state index in [1.807, 2.05) is 19.9 Å². The van der Waals surface area contributed by atoms with Crippen LogP contribution in [0.4, 0.5) is 11.4 Å². The van der Waals surface area contributed by atoms with Gasteiger partial charge in [-0.1, -0.05) is 0 Å². The summed E-state index contributed by atoms with van der Waals surface area (Å²) in [5.41, 5.74) is 2.09. The van der Waals surface area contributed by atoms with Crippen molar-refractivity contribution in [3.05, 3.63) is 23.8 Å². The van der Waals surface area contributed by atoms with E-state index in [9.17, 15) is 4.79 Å². The largest absolute Gasteiger partial charge is 0.377 e. The molecule has 1 heterocycles. The van der Waals surface area contributed by atoms with Gasteiger partial charge < -0.3 is 10.2 Å². The van der Waals surface area contributed by atoms with Crippen LogP contribution in [0.3, 0.4) is 0 Å². The van der Waals surface area contributed by atoms with Gasteiger partial charge in [-0.15, -0.1) is 0 Å². The fraction of sp³-hybridized carbons (Fsp3) is 0.385. The summed E-state index contributed by atoms with van der Waals surface area (Å²) in [6.45, 7) is 6.24. The van der Waals surface area contributed by atoms with Gasteiger partial charge in [0, 0.05) is 19.0 Å². The smallest absolute Gasteiger partial charge is 0.224 e. The maximum atomic E-state index is 11.7. The molecule has 1 aliphatic rings. The number of rotatable bonds is 0. The summed E-state index contributed by atoms with van der Waals surface area (Å²) >= 11 is 0. The number of hydrogen-bond donors (Lipinski definition) is 1. The molecule has 1 aliphatic heterocycles. The highest BCUT2D eigenvalue weighted by molar-refractivity contribution is 5.97. The molecule has 0 radical (unpaired) electrons. The van der Waals surface area contributed by atoms with E-state index < -0.39 is 0 Å². The minimum absolute atomic E-state index is 0.00378. The number of benzene rings is 1. The van der Waals surface area contributed by atoms with Crippen molar-refractivity contribution >= 4 is 17.3 Å². The first kappa shape index (κ1) is 11.5. The third-order valence-corrected chi connectivity index (χ3v) is 2.82. The number of hydrogen-bond acceptors (Lipinski definition) is 3. The molecule has 1 aromatic rings. The zero-order valence-electron chi connectivity index (χ0n) is 10.2. The van der Waals surface area contributed by atoms with Gasteiger partial charge in [-0.2, -0.15) is 5.26 Å². The second kappa shape index (κ2) is 3.77. The second-order valence-electron chi connectivity index (χ2n) is 4.96. The fourth-order valence-corrected chi connectivity index (χ4v) is 2.10. The van der Waals surface area contributed by atoms with E-state index in [1.165, 1.54) is 0 Å². The van der Waals surface area contributed by atoms with Gasteiger partial charge in [-0.05, 0) is 32.0 Å². The number of nitrogens with one attached hydrogen (secondary N) is 1. The van der Waals surface area contributed by atoms with Crippen molar-refractivity contribution in [3.63, 3.8) is 0 Å². The van der Waals surface area contributed by atoms with Crippen LogP contribution < -0.4 is 10.2 Å². The topological polar surface area (TPSA) is 56.1 Å². The Balaban J connectivity index is 2.54. The summed E-state index contributed by atoms with van der Waals surface area (Å²) in [4.78, 5) is 13.4. The molecule has 0 fully saturated rings. The molecule has 0 bridgehead atoms. The molecule has 0 unspecified atom stereocenters. The van der Waals surface area contributed by atoms with E-state index in [2.05, 4.69) is 11.4 Å². The molecule has 1 aromatic carbocycles. The zero-order valence-corrected chi connectivity index (χ0v) is 10.2. The van der Waals surface area contributed by atoms with Gasteiger partial charge in [0.1, 0.15) is 0 Å². The number of carbonyl (C=O) groups is 1. The lowest BCUT2D eigenvalue weighted by molar-refractivity contribution is -0.116. The molecule has 0 atom stereocenters. The van der Waals surface area contributed by atoms with Crippen LogP contribution in [0, 0.1) is 11.3 Å². The van der Waals surface area contributed by atoms with E-state index in [0.29, 0.717) is 12.1 Å². The highest BCUT2D eigenvalue weighted by Crippen LogP contribution is 2.35. The van der Waals surface area contributed by atoms with Gasteiger partial charge in [0.05, 0.1) is 23.0 Å². The SMILES string of the molecule is CC(=O)N1CC(C)(C)Nc2ccc(C#N)cc21. The van der Waals surface area contributed by atoms with Crippen molar-refractivity contribution in [1.82, 2.24) is 0 Å². The maximum Gasteiger partial charge on any atom is 0.224 e. The van der Waals surface area contributed by atoms with Gasteiger partial charge in [0.15, 0.2) is 0 Å². The summed E-state index contributed by atoms with van der Waals surface area (Å²) in [6.07, 6.45) is 0. The number of anilines is 2. The molecule has 88 valence electrons. The molecule has 0 aromatic heterocycles. The normalized spacial score (nSPS) is 16.7. The van der Waals surface area contributed by atoms with Crippen LogP contribution in [0.1, 0.15) is 26.3 Å². The van der Waals surface area contributed by atoms with Crippen LogP contribution in [-0.2, 0) is 4.79 Å². The molecule has 0 spiro atoms. The van der Waals surface area contributed by atoms with E-state index in [0.717, 1.165) is 11.4 Å². The van der Waals surface area contributed by atoms with E-state index in [1.54, 1.807) is 24.0 Å². The Hall–Kier alpha value is -2.02. The van der Waals surface area contributed by atoms with Crippen molar-refractivity contribution in [1.29, 1.82) is 5.26 Å². The average Bonchev–Trinajstić information content (AvgIpc) is 2.26. The Morgan fingerprint density at radius 3 is 2.82 bits per heavy atom. The highest BCUT2D eigenvalue weighted by Gasteiger charge is 2.31. The molecule has 4 heteroatoms. The molecule has 17 heavy (non-hydrogen) atoms. The molecular weight excluding hydrogens is 214 g/mol. The summed E-state index contributed by atoms with van der Waals surface area (Å²) < 4.78 is 0. The monoisotopic (exact) mass is 229 g/mol. The van der Waals surface area contributed by atoms with E-state index in [4.69, 9.17) is 5.26 Å². The maximum absolute atomic E-state index is 11.7. The summed E-state index contributed by atoms with van der Waals surface area (Å²) in [5.74, 6) is -0.00378. The molecule has 4 nitrogen and oxygen atoms in total. The first-order valence-electron chi connectivity index (χ1n) is 5.53. The quantitative estimate of drug-likeness (QED) is 0.741. The van der Waals surface area contributed by atoms with Crippen molar-refractivity contribution in [3.8, 4) is 6.07 Å². The number of carbonyl (C=O) groups excluding carboxylic acids is 1. The molecule has 0 aliphatic carbocycles. The standard InChI is InChI=1S/C13H15N3O/c1-9(17)16-8-13(2,3)15-11-5-4-10(7-14)6-12(11)16/h4-6,15H,8H2,1-3H3. The Morgan fingerprint density at radius 2 is 2.24 bits per heavy atom. The van der Waals surface area contributed by atoms with Crippen LogP contribution >= 0.6 is 0 Å². The van der Waals surface area contributed by atoms with Crippen molar-refractivity contribution < 1.29 is 4.79 Å². The van der Waals surface area contributed by atoms with Crippen molar-refractivity contribution in [2.24, 2.45) is 0 Å². The lowest BCUT2D eigenvalue weighted by Crippen LogP contribution is -2.50. The molecule has 1 amide bonds. The van der Waals surface area contributed by atoms with Crippen LogP contribution in [0.15, 0.2) is 18.2 Å². The molecule has 0 saturated carbocycles. The minimum atomic E-state index is -0.160. The van der Waals surface area contributed by atoms with Gasteiger partial charge >= 0.3 is 0 Å². The second-order valence-corrected chi connectivity index (χ2v) is 4.96. The lowest BCUT2D eigenvalue weighted by Gasteiger charge is -2.40. The van der Waals surface area contributed by atoms with Gasteiger partial charge in [-0.3, -0.25) is 4.79 Å². The Morgan fingerprint density at radius 1 is 1.53 bits per heavy atom. The molecule has 2 rings (SSSR count). The third-order valence-electron chi connectivity index (χ3n) is 2.82. The highest BCUT2D eigenvalue weighted by atomic mass is 16.2. The number of fused-ring (bicyclic) bond motifs is 1.